The lowest BCUT2D eigenvalue weighted by molar-refractivity contribution is -0.124. The minimum absolute atomic E-state index is 0.0869. The third-order valence-corrected chi connectivity index (χ3v) is 2.13. The highest BCUT2D eigenvalue weighted by Crippen LogP contribution is 2.17. The molecule has 4 nitrogen and oxygen atoms in total. The molecule has 1 aliphatic rings. The number of hydrogen-bond donors (Lipinski definition) is 0. The highest BCUT2D eigenvalue weighted by Gasteiger charge is 2.35. The van der Waals surface area contributed by atoms with Crippen LogP contribution in [0.15, 0.2) is 12.2 Å². The summed E-state index contributed by atoms with van der Waals surface area (Å²) < 4.78 is 4.83. The molecule has 1 aliphatic heterocycles. The van der Waals surface area contributed by atoms with Gasteiger partial charge in [0, 0.05) is 0 Å². The first-order chi connectivity index (χ1) is 6.70. The van der Waals surface area contributed by atoms with Crippen molar-refractivity contribution in [2.24, 2.45) is 0 Å². The molecule has 0 aliphatic carbocycles. The summed E-state index contributed by atoms with van der Waals surface area (Å²) in [6.45, 7) is 4.09. The number of imide groups is 1. The fourth-order valence-electron chi connectivity index (χ4n) is 1.50. The van der Waals surface area contributed by atoms with Crippen LogP contribution in [0.2, 0.25) is 0 Å². The molecule has 0 saturated carbocycles. The molecule has 0 N–H and O–H groups in total. The van der Waals surface area contributed by atoms with Crippen LogP contribution in [0.3, 0.4) is 0 Å². The summed E-state index contributed by atoms with van der Waals surface area (Å²) in [5.41, 5.74) is 0. The Labute approximate surface area is 83.5 Å². The lowest BCUT2D eigenvalue weighted by Crippen LogP contribution is -2.37. The second-order valence-electron chi connectivity index (χ2n) is 3.23. The van der Waals surface area contributed by atoms with Gasteiger partial charge in [0.15, 0.2) is 0 Å². The molecular formula is C10H15NO3. The molecular weight excluding hydrogens is 182 g/mol. The van der Waals surface area contributed by atoms with Crippen LogP contribution < -0.4 is 0 Å². The van der Waals surface area contributed by atoms with Crippen molar-refractivity contribution in [3.63, 3.8) is 0 Å². The van der Waals surface area contributed by atoms with E-state index in [1.807, 2.05) is 6.92 Å². The second kappa shape index (κ2) is 4.79. The predicted molar refractivity (Wildman–Crippen MR) is 51.7 cm³/mol. The molecule has 0 bridgehead atoms. The Kier molecular flexibility index (Phi) is 3.68. The molecule has 2 amide bonds. The van der Waals surface area contributed by atoms with E-state index in [9.17, 15) is 9.59 Å². The zero-order valence-corrected chi connectivity index (χ0v) is 8.53. The van der Waals surface area contributed by atoms with Gasteiger partial charge in [-0.3, -0.25) is 4.79 Å². The molecule has 0 aromatic rings. The zero-order chi connectivity index (χ0) is 10.6. The van der Waals surface area contributed by atoms with Crippen molar-refractivity contribution in [3.8, 4) is 0 Å². The molecule has 14 heavy (non-hydrogen) atoms. The summed E-state index contributed by atoms with van der Waals surface area (Å²) in [6.07, 6.45) is 4.22. The van der Waals surface area contributed by atoms with E-state index in [1.54, 1.807) is 13.0 Å². The molecule has 0 spiro atoms. The van der Waals surface area contributed by atoms with Gasteiger partial charge in [0.1, 0.15) is 6.61 Å². The summed E-state index contributed by atoms with van der Waals surface area (Å²) in [7, 11) is 0. The molecule has 0 aromatic carbocycles. The van der Waals surface area contributed by atoms with Gasteiger partial charge in [0.05, 0.1) is 6.04 Å². The maximum absolute atomic E-state index is 11.5. The second-order valence-corrected chi connectivity index (χ2v) is 3.23. The number of carbonyl (C=O) groups is 2. The lowest BCUT2D eigenvalue weighted by atomic mass is 10.1. The fraction of sp³-hybridized carbons (Fsp3) is 0.600. The topological polar surface area (TPSA) is 46.6 Å². The Morgan fingerprint density at radius 2 is 2.43 bits per heavy atom. The van der Waals surface area contributed by atoms with Crippen LogP contribution in [-0.4, -0.2) is 29.5 Å². The van der Waals surface area contributed by atoms with E-state index in [0.717, 1.165) is 12.8 Å². The first kappa shape index (κ1) is 10.8. The maximum Gasteiger partial charge on any atom is 0.417 e. The highest BCUT2D eigenvalue weighted by molar-refractivity contribution is 5.99. The van der Waals surface area contributed by atoms with E-state index in [1.165, 1.54) is 11.0 Å². The molecule has 1 saturated heterocycles. The Balaban J connectivity index is 2.71. The van der Waals surface area contributed by atoms with E-state index in [-0.39, 0.29) is 11.9 Å². The number of amides is 2. The van der Waals surface area contributed by atoms with Gasteiger partial charge in [-0.2, -0.15) is 0 Å². The summed E-state index contributed by atoms with van der Waals surface area (Å²) in [4.78, 5) is 23.9. The smallest absolute Gasteiger partial charge is 0.417 e. The van der Waals surface area contributed by atoms with Gasteiger partial charge in [0.25, 0.3) is 5.91 Å². The third-order valence-electron chi connectivity index (χ3n) is 2.13. The highest BCUT2D eigenvalue weighted by atomic mass is 16.6. The standard InChI is InChI=1S/C10H15NO3/c1-3-5-8-7-14-10(13)11(8)9(12)6-4-2/h4,6,8H,3,5,7H2,1-2H3/b6-4+/t8-/m1/s1. The van der Waals surface area contributed by atoms with Crippen LogP contribution in [0.1, 0.15) is 26.7 Å². The van der Waals surface area contributed by atoms with Crippen molar-refractivity contribution < 1.29 is 14.3 Å². The molecule has 4 heteroatoms. The number of rotatable bonds is 3. The quantitative estimate of drug-likeness (QED) is 0.647. The van der Waals surface area contributed by atoms with Gasteiger partial charge in [-0.15, -0.1) is 0 Å². The molecule has 1 heterocycles. The molecule has 1 rings (SSSR count). The number of hydrogen-bond acceptors (Lipinski definition) is 3. The van der Waals surface area contributed by atoms with E-state index in [4.69, 9.17) is 4.74 Å². The van der Waals surface area contributed by atoms with Gasteiger partial charge < -0.3 is 4.74 Å². The summed E-state index contributed by atoms with van der Waals surface area (Å²) >= 11 is 0. The van der Waals surface area contributed by atoms with E-state index >= 15 is 0 Å². The Morgan fingerprint density at radius 1 is 1.71 bits per heavy atom. The largest absolute Gasteiger partial charge is 0.447 e. The van der Waals surface area contributed by atoms with Gasteiger partial charge in [-0.1, -0.05) is 19.4 Å². The molecule has 1 atom stereocenters. The van der Waals surface area contributed by atoms with Crippen LogP contribution in [0.5, 0.6) is 0 Å². The van der Waals surface area contributed by atoms with Crippen LogP contribution in [-0.2, 0) is 9.53 Å². The SMILES string of the molecule is C/C=C/C(=O)N1C(=O)OC[C@H]1CCC. The minimum atomic E-state index is -0.522. The third kappa shape index (κ3) is 2.13. The first-order valence-corrected chi connectivity index (χ1v) is 4.83. The van der Waals surface area contributed by atoms with Gasteiger partial charge in [-0.25, -0.2) is 9.69 Å². The average molecular weight is 197 g/mol. The molecule has 0 radical (unpaired) electrons. The normalized spacial score (nSPS) is 21.7. The molecule has 78 valence electrons. The van der Waals surface area contributed by atoms with Gasteiger partial charge in [0.2, 0.25) is 0 Å². The summed E-state index contributed by atoms with van der Waals surface area (Å²) in [5, 5.41) is 0. The van der Waals surface area contributed by atoms with E-state index < -0.39 is 6.09 Å². The van der Waals surface area contributed by atoms with Crippen LogP contribution in [0.4, 0.5) is 4.79 Å². The minimum Gasteiger partial charge on any atom is -0.447 e. The summed E-state index contributed by atoms with van der Waals surface area (Å²) in [5.74, 6) is -0.284. The predicted octanol–water partition coefficient (Wildman–Crippen LogP) is 1.71. The zero-order valence-electron chi connectivity index (χ0n) is 8.53. The van der Waals surface area contributed by atoms with Crippen molar-refractivity contribution in [1.82, 2.24) is 4.90 Å². The number of cyclic esters (lactones) is 1. The molecule has 0 unspecified atom stereocenters. The maximum atomic E-state index is 11.5. The van der Waals surface area contributed by atoms with Crippen molar-refractivity contribution >= 4 is 12.0 Å². The summed E-state index contributed by atoms with van der Waals surface area (Å²) in [6, 6.07) is -0.0869. The number of nitrogens with zero attached hydrogens (tertiary/aromatic N) is 1. The van der Waals surface area contributed by atoms with E-state index in [2.05, 4.69) is 0 Å². The van der Waals surface area contributed by atoms with Crippen molar-refractivity contribution in [2.75, 3.05) is 6.61 Å². The Morgan fingerprint density at radius 3 is 3.00 bits per heavy atom. The van der Waals surface area contributed by atoms with Crippen LogP contribution in [0.25, 0.3) is 0 Å². The van der Waals surface area contributed by atoms with Crippen LogP contribution >= 0.6 is 0 Å². The molecule has 0 aromatic heterocycles. The first-order valence-electron chi connectivity index (χ1n) is 4.83. The molecule has 1 fully saturated rings. The van der Waals surface area contributed by atoms with E-state index in [0.29, 0.717) is 6.61 Å². The Bertz CT molecular complexity index is 260. The fourth-order valence-corrected chi connectivity index (χ4v) is 1.50. The monoisotopic (exact) mass is 197 g/mol. The van der Waals surface area contributed by atoms with Crippen molar-refractivity contribution in [3.05, 3.63) is 12.2 Å². The van der Waals surface area contributed by atoms with Gasteiger partial charge in [-0.05, 0) is 19.4 Å². The number of allylic oxidation sites excluding steroid dienone is 1. The lowest BCUT2D eigenvalue weighted by Gasteiger charge is -2.16. The number of carbonyl (C=O) groups excluding carboxylic acids is 2. The van der Waals surface area contributed by atoms with Crippen molar-refractivity contribution in [2.45, 2.75) is 32.7 Å². The number of ether oxygens (including phenoxy) is 1. The van der Waals surface area contributed by atoms with Crippen LogP contribution in [0, 0.1) is 0 Å². The average Bonchev–Trinajstić information content (AvgIpc) is 2.48. The Hall–Kier alpha value is -1.32. The van der Waals surface area contributed by atoms with Crippen molar-refractivity contribution in [1.29, 1.82) is 0 Å². The van der Waals surface area contributed by atoms with Gasteiger partial charge >= 0.3 is 6.09 Å².